The number of benzene rings is 1. The van der Waals surface area contributed by atoms with Crippen molar-refractivity contribution in [3.05, 3.63) is 23.8 Å². The first-order valence-electron chi connectivity index (χ1n) is 6.22. The smallest absolute Gasteiger partial charge is 0.316 e. The molecular weight excluding hydrogens is 246 g/mol. The summed E-state index contributed by atoms with van der Waals surface area (Å²) in [6.45, 7) is 1.76. The van der Waals surface area contributed by atoms with Crippen molar-refractivity contribution in [2.75, 3.05) is 33.8 Å². The monoisotopic (exact) mass is 265 g/mol. The van der Waals surface area contributed by atoms with E-state index >= 15 is 0 Å². The number of amides is 2. The lowest BCUT2D eigenvalue weighted by molar-refractivity contribution is 0.217. The standard InChI is InChI=1S/C13H19N3O3/c1-16(2)13(18)15-6-5-14-11-8-19-12-7-9(17)3-4-10(11)12/h3-4,7,11,14,17H,5-6,8H2,1-2H3,(H,15,18). The average molecular weight is 265 g/mol. The molecule has 2 rings (SSSR count). The Morgan fingerprint density at radius 3 is 3.00 bits per heavy atom. The molecule has 0 saturated carbocycles. The fourth-order valence-electron chi connectivity index (χ4n) is 1.94. The quantitative estimate of drug-likeness (QED) is 0.700. The minimum atomic E-state index is -0.102. The van der Waals surface area contributed by atoms with E-state index in [0.29, 0.717) is 19.7 Å². The average Bonchev–Trinajstić information content (AvgIpc) is 2.76. The number of phenols is 1. The zero-order valence-corrected chi connectivity index (χ0v) is 11.1. The van der Waals surface area contributed by atoms with Gasteiger partial charge in [0.2, 0.25) is 0 Å². The van der Waals surface area contributed by atoms with Gasteiger partial charge in [0.1, 0.15) is 18.1 Å². The molecule has 6 nitrogen and oxygen atoms in total. The van der Waals surface area contributed by atoms with E-state index in [1.54, 1.807) is 26.2 Å². The van der Waals surface area contributed by atoms with Crippen LogP contribution in [0.2, 0.25) is 0 Å². The van der Waals surface area contributed by atoms with Crippen LogP contribution in [-0.2, 0) is 0 Å². The molecule has 0 aliphatic carbocycles. The van der Waals surface area contributed by atoms with Crippen molar-refractivity contribution < 1.29 is 14.6 Å². The van der Waals surface area contributed by atoms with Crippen LogP contribution in [-0.4, -0.2) is 49.8 Å². The normalized spacial score (nSPS) is 16.6. The van der Waals surface area contributed by atoms with E-state index in [0.717, 1.165) is 11.3 Å². The first-order chi connectivity index (χ1) is 9.08. The van der Waals surface area contributed by atoms with Gasteiger partial charge in [0.15, 0.2) is 0 Å². The van der Waals surface area contributed by atoms with E-state index in [1.807, 2.05) is 6.07 Å². The van der Waals surface area contributed by atoms with Crippen molar-refractivity contribution in [3.63, 3.8) is 0 Å². The Morgan fingerprint density at radius 1 is 1.47 bits per heavy atom. The maximum absolute atomic E-state index is 11.3. The minimum absolute atomic E-state index is 0.102. The molecule has 0 bridgehead atoms. The minimum Gasteiger partial charge on any atom is -0.508 e. The predicted molar refractivity (Wildman–Crippen MR) is 71.4 cm³/mol. The molecular formula is C13H19N3O3. The van der Waals surface area contributed by atoms with E-state index in [-0.39, 0.29) is 17.8 Å². The van der Waals surface area contributed by atoms with Crippen molar-refractivity contribution in [3.8, 4) is 11.5 Å². The second kappa shape index (κ2) is 5.79. The fraction of sp³-hybridized carbons (Fsp3) is 0.462. The number of carbonyl (C=O) groups is 1. The third-order valence-electron chi connectivity index (χ3n) is 2.98. The molecule has 104 valence electrons. The maximum Gasteiger partial charge on any atom is 0.316 e. The molecule has 3 N–H and O–H groups in total. The van der Waals surface area contributed by atoms with Crippen molar-refractivity contribution >= 4 is 6.03 Å². The fourth-order valence-corrected chi connectivity index (χ4v) is 1.94. The van der Waals surface area contributed by atoms with Crippen LogP contribution in [0.5, 0.6) is 11.5 Å². The predicted octanol–water partition coefficient (Wildman–Crippen LogP) is 0.686. The summed E-state index contributed by atoms with van der Waals surface area (Å²) >= 11 is 0. The molecule has 2 amide bonds. The van der Waals surface area contributed by atoms with Crippen LogP contribution in [0.25, 0.3) is 0 Å². The van der Waals surface area contributed by atoms with Gasteiger partial charge in [-0.1, -0.05) is 0 Å². The summed E-state index contributed by atoms with van der Waals surface area (Å²) in [5.74, 6) is 0.924. The van der Waals surface area contributed by atoms with Crippen molar-refractivity contribution in [1.82, 2.24) is 15.5 Å². The number of nitrogens with zero attached hydrogens (tertiary/aromatic N) is 1. The number of carbonyl (C=O) groups excluding carboxylic acids is 1. The number of hydrogen-bond acceptors (Lipinski definition) is 4. The van der Waals surface area contributed by atoms with Crippen LogP contribution < -0.4 is 15.4 Å². The third-order valence-corrected chi connectivity index (χ3v) is 2.98. The molecule has 0 saturated heterocycles. The van der Waals surface area contributed by atoms with Gasteiger partial charge in [-0.15, -0.1) is 0 Å². The van der Waals surface area contributed by atoms with Gasteiger partial charge >= 0.3 is 6.03 Å². The van der Waals surface area contributed by atoms with Gasteiger partial charge in [-0.05, 0) is 12.1 Å². The summed E-state index contributed by atoms with van der Waals surface area (Å²) in [6, 6.07) is 5.12. The second-order valence-electron chi connectivity index (χ2n) is 4.67. The molecule has 0 radical (unpaired) electrons. The molecule has 1 aromatic rings. The molecule has 0 aromatic heterocycles. The van der Waals surface area contributed by atoms with Crippen LogP contribution in [0.4, 0.5) is 4.79 Å². The molecule has 0 spiro atoms. The molecule has 6 heteroatoms. The molecule has 19 heavy (non-hydrogen) atoms. The molecule has 1 aliphatic heterocycles. The number of rotatable bonds is 4. The number of phenolic OH excluding ortho intramolecular Hbond substituents is 1. The Kier molecular flexibility index (Phi) is 4.11. The summed E-state index contributed by atoms with van der Waals surface area (Å²) in [5, 5.41) is 15.5. The van der Waals surface area contributed by atoms with Gasteiger partial charge in [0.05, 0.1) is 6.04 Å². The van der Waals surface area contributed by atoms with Gasteiger partial charge in [0.25, 0.3) is 0 Å². The first kappa shape index (κ1) is 13.5. The third kappa shape index (κ3) is 3.29. The summed E-state index contributed by atoms with van der Waals surface area (Å²) in [6.07, 6.45) is 0. The van der Waals surface area contributed by atoms with Crippen LogP contribution in [0, 0.1) is 0 Å². The Balaban J connectivity index is 1.79. The van der Waals surface area contributed by atoms with Crippen molar-refractivity contribution in [1.29, 1.82) is 0 Å². The lowest BCUT2D eigenvalue weighted by Gasteiger charge is -2.14. The Hall–Kier alpha value is -1.95. The summed E-state index contributed by atoms with van der Waals surface area (Å²) in [4.78, 5) is 12.8. The van der Waals surface area contributed by atoms with Crippen molar-refractivity contribution in [2.24, 2.45) is 0 Å². The van der Waals surface area contributed by atoms with Gasteiger partial charge < -0.3 is 25.4 Å². The van der Waals surface area contributed by atoms with Crippen LogP contribution in [0.15, 0.2) is 18.2 Å². The Bertz CT molecular complexity index is 462. The van der Waals surface area contributed by atoms with E-state index in [2.05, 4.69) is 10.6 Å². The Labute approximate surface area is 112 Å². The highest BCUT2D eigenvalue weighted by Gasteiger charge is 2.23. The number of ether oxygens (including phenoxy) is 1. The number of fused-ring (bicyclic) bond motifs is 1. The molecule has 1 unspecified atom stereocenters. The highest BCUT2D eigenvalue weighted by Crippen LogP contribution is 2.34. The zero-order chi connectivity index (χ0) is 13.8. The first-order valence-corrected chi connectivity index (χ1v) is 6.22. The molecule has 1 atom stereocenters. The second-order valence-corrected chi connectivity index (χ2v) is 4.67. The van der Waals surface area contributed by atoms with Crippen LogP contribution >= 0.6 is 0 Å². The topological polar surface area (TPSA) is 73.8 Å². The lowest BCUT2D eigenvalue weighted by atomic mass is 10.1. The van der Waals surface area contributed by atoms with Gasteiger partial charge in [-0.2, -0.15) is 0 Å². The van der Waals surface area contributed by atoms with E-state index < -0.39 is 0 Å². The molecule has 0 fully saturated rings. The Morgan fingerprint density at radius 2 is 2.26 bits per heavy atom. The van der Waals surface area contributed by atoms with E-state index in [4.69, 9.17) is 4.74 Å². The van der Waals surface area contributed by atoms with Crippen LogP contribution in [0.1, 0.15) is 11.6 Å². The highest BCUT2D eigenvalue weighted by atomic mass is 16.5. The summed E-state index contributed by atoms with van der Waals surface area (Å²) < 4.78 is 5.49. The summed E-state index contributed by atoms with van der Waals surface area (Å²) in [7, 11) is 3.41. The summed E-state index contributed by atoms with van der Waals surface area (Å²) in [5.41, 5.74) is 1.04. The van der Waals surface area contributed by atoms with Gasteiger partial charge in [-0.25, -0.2) is 4.79 Å². The van der Waals surface area contributed by atoms with Crippen molar-refractivity contribution in [2.45, 2.75) is 6.04 Å². The molecule has 1 aliphatic rings. The number of nitrogens with one attached hydrogen (secondary N) is 2. The SMILES string of the molecule is CN(C)C(=O)NCCNC1COc2cc(O)ccc21. The lowest BCUT2D eigenvalue weighted by Crippen LogP contribution is -2.39. The number of hydrogen-bond donors (Lipinski definition) is 3. The molecule has 1 heterocycles. The van der Waals surface area contributed by atoms with Gasteiger partial charge in [0, 0.05) is 38.8 Å². The van der Waals surface area contributed by atoms with Crippen LogP contribution in [0.3, 0.4) is 0 Å². The van der Waals surface area contributed by atoms with E-state index in [9.17, 15) is 9.90 Å². The number of urea groups is 1. The largest absolute Gasteiger partial charge is 0.508 e. The number of aromatic hydroxyl groups is 1. The van der Waals surface area contributed by atoms with E-state index in [1.165, 1.54) is 4.90 Å². The molecule has 1 aromatic carbocycles. The highest BCUT2D eigenvalue weighted by molar-refractivity contribution is 5.73. The van der Waals surface area contributed by atoms with Gasteiger partial charge in [-0.3, -0.25) is 0 Å². The maximum atomic E-state index is 11.3. The zero-order valence-electron chi connectivity index (χ0n) is 11.1.